The standard InChI is InChI=1S/C15H16N6O/c1-22-15-3-2-12(8-18-15)21-9-11(7-19-21)4-10-5-13(16)20-14(17)6-10/h2-3,5-9H,4H2,1H3,(H4,16,17,20). The third kappa shape index (κ3) is 2.98. The van der Waals surface area contributed by atoms with Gasteiger partial charge in [-0.25, -0.2) is 14.6 Å². The van der Waals surface area contributed by atoms with Crippen molar-refractivity contribution in [2.24, 2.45) is 0 Å². The van der Waals surface area contributed by atoms with Crippen LogP contribution in [0.2, 0.25) is 0 Å². The fraction of sp³-hybridized carbons (Fsp3) is 0.133. The Hall–Kier alpha value is -3.09. The van der Waals surface area contributed by atoms with Gasteiger partial charge in [0.25, 0.3) is 0 Å². The first-order valence-electron chi connectivity index (χ1n) is 6.70. The van der Waals surface area contributed by atoms with E-state index in [1.54, 1.807) is 30.3 Å². The molecule has 0 aliphatic carbocycles. The normalized spacial score (nSPS) is 10.6. The molecule has 0 spiro atoms. The number of nitrogen functional groups attached to an aromatic ring is 2. The molecular formula is C15H16N6O. The summed E-state index contributed by atoms with van der Waals surface area (Å²) >= 11 is 0. The Kier molecular flexibility index (Phi) is 3.61. The summed E-state index contributed by atoms with van der Waals surface area (Å²) in [5.41, 5.74) is 14.3. The number of rotatable bonds is 4. The first-order valence-corrected chi connectivity index (χ1v) is 6.70. The fourth-order valence-electron chi connectivity index (χ4n) is 2.19. The van der Waals surface area contributed by atoms with Crippen molar-refractivity contribution in [1.29, 1.82) is 0 Å². The zero-order valence-corrected chi connectivity index (χ0v) is 12.1. The Morgan fingerprint density at radius 1 is 1.09 bits per heavy atom. The van der Waals surface area contributed by atoms with Gasteiger partial charge in [-0.1, -0.05) is 0 Å². The van der Waals surface area contributed by atoms with Gasteiger partial charge in [-0.15, -0.1) is 0 Å². The number of nitrogens with zero attached hydrogens (tertiary/aromatic N) is 4. The van der Waals surface area contributed by atoms with E-state index in [1.807, 2.05) is 24.4 Å². The Balaban J connectivity index is 1.80. The van der Waals surface area contributed by atoms with E-state index >= 15 is 0 Å². The molecule has 0 fully saturated rings. The molecule has 7 nitrogen and oxygen atoms in total. The van der Waals surface area contributed by atoms with Crippen LogP contribution in [0.4, 0.5) is 11.6 Å². The third-order valence-corrected chi connectivity index (χ3v) is 3.16. The lowest BCUT2D eigenvalue weighted by Crippen LogP contribution is -1.99. The van der Waals surface area contributed by atoms with E-state index in [0.717, 1.165) is 16.8 Å². The van der Waals surface area contributed by atoms with Gasteiger partial charge in [0.1, 0.15) is 11.6 Å². The molecule has 0 amide bonds. The quantitative estimate of drug-likeness (QED) is 0.754. The van der Waals surface area contributed by atoms with E-state index in [9.17, 15) is 0 Å². The molecule has 0 radical (unpaired) electrons. The van der Waals surface area contributed by atoms with Gasteiger partial charge in [-0.05, 0) is 29.3 Å². The van der Waals surface area contributed by atoms with Gasteiger partial charge in [0, 0.05) is 18.7 Å². The zero-order chi connectivity index (χ0) is 15.5. The van der Waals surface area contributed by atoms with E-state index in [1.165, 1.54) is 0 Å². The summed E-state index contributed by atoms with van der Waals surface area (Å²) in [6, 6.07) is 7.30. The first-order chi connectivity index (χ1) is 10.6. The van der Waals surface area contributed by atoms with Crippen LogP contribution in [0.15, 0.2) is 42.9 Å². The summed E-state index contributed by atoms with van der Waals surface area (Å²) in [5, 5.41) is 4.34. The average Bonchev–Trinajstić information content (AvgIpc) is 2.95. The van der Waals surface area contributed by atoms with Crippen molar-refractivity contribution in [3.8, 4) is 11.6 Å². The molecular weight excluding hydrogens is 280 g/mol. The molecule has 3 heterocycles. The van der Waals surface area contributed by atoms with Crippen LogP contribution in [0.5, 0.6) is 5.88 Å². The maximum absolute atomic E-state index is 5.70. The Morgan fingerprint density at radius 2 is 1.86 bits per heavy atom. The summed E-state index contributed by atoms with van der Waals surface area (Å²) in [7, 11) is 1.58. The number of hydrogen-bond donors (Lipinski definition) is 2. The van der Waals surface area contributed by atoms with Crippen molar-refractivity contribution in [3.63, 3.8) is 0 Å². The predicted molar refractivity (Wildman–Crippen MR) is 83.8 cm³/mol. The summed E-state index contributed by atoms with van der Waals surface area (Å²) in [5.74, 6) is 1.40. The van der Waals surface area contributed by atoms with Crippen molar-refractivity contribution < 1.29 is 4.74 Å². The van der Waals surface area contributed by atoms with E-state index in [0.29, 0.717) is 23.9 Å². The number of ether oxygens (including phenoxy) is 1. The zero-order valence-electron chi connectivity index (χ0n) is 12.1. The minimum absolute atomic E-state index is 0.418. The van der Waals surface area contributed by atoms with Crippen LogP contribution in [0.1, 0.15) is 11.1 Å². The van der Waals surface area contributed by atoms with Gasteiger partial charge >= 0.3 is 0 Å². The second-order valence-corrected chi connectivity index (χ2v) is 4.85. The molecule has 0 aliphatic heterocycles. The van der Waals surface area contributed by atoms with Gasteiger partial charge in [0.05, 0.1) is 25.2 Å². The maximum Gasteiger partial charge on any atom is 0.213 e. The summed E-state index contributed by atoms with van der Waals surface area (Å²) in [6.07, 6.45) is 6.13. The van der Waals surface area contributed by atoms with Crippen LogP contribution in [0.25, 0.3) is 5.69 Å². The lowest BCUT2D eigenvalue weighted by molar-refractivity contribution is 0.397. The summed E-state index contributed by atoms with van der Waals surface area (Å²) in [6.45, 7) is 0. The second kappa shape index (κ2) is 5.72. The monoisotopic (exact) mass is 296 g/mol. The van der Waals surface area contributed by atoms with Crippen LogP contribution in [-0.4, -0.2) is 26.9 Å². The van der Waals surface area contributed by atoms with E-state index in [2.05, 4.69) is 15.1 Å². The van der Waals surface area contributed by atoms with Crippen molar-refractivity contribution >= 4 is 11.6 Å². The Bertz CT molecular complexity index is 761. The van der Waals surface area contributed by atoms with Crippen molar-refractivity contribution in [2.75, 3.05) is 18.6 Å². The molecule has 0 saturated heterocycles. The number of pyridine rings is 2. The lowest BCUT2D eigenvalue weighted by Gasteiger charge is -2.03. The minimum Gasteiger partial charge on any atom is -0.481 e. The van der Waals surface area contributed by atoms with Gasteiger partial charge in [-0.2, -0.15) is 5.10 Å². The van der Waals surface area contributed by atoms with E-state index in [4.69, 9.17) is 16.2 Å². The number of nitrogens with two attached hydrogens (primary N) is 2. The highest BCUT2D eigenvalue weighted by Gasteiger charge is 2.05. The Morgan fingerprint density at radius 3 is 2.50 bits per heavy atom. The highest BCUT2D eigenvalue weighted by molar-refractivity contribution is 5.45. The molecule has 3 rings (SSSR count). The van der Waals surface area contributed by atoms with Crippen LogP contribution in [0.3, 0.4) is 0 Å². The fourth-order valence-corrected chi connectivity index (χ4v) is 2.19. The van der Waals surface area contributed by atoms with Crippen LogP contribution in [0, 0.1) is 0 Å². The average molecular weight is 296 g/mol. The molecule has 3 aromatic rings. The molecule has 0 atom stereocenters. The van der Waals surface area contributed by atoms with E-state index in [-0.39, 0.29) is 0 Å². The van der Waals surface area contributed by atoms with Crippen LogP contribution in [-0.2, 0) is 6.42 Å². The molecule has 0 bridgehead atoms. The first kappa shape index (κ1) is 13.9. The molecule has 112 valence electrons. The molecule has 0 aliphatic rings. The maximum atomic E-state index is 5.70. The van der Waals surface area contributed by atoms with E-state index < -0.39 is 0 Å². The number of anilines is 2. The molecule has 7 heteroatoms. The molecule has 0 aromatic carbocycles. The van der Waals surface area contributed by atoms with Gasteiger partial charge in [0.15, 0.2) is 0 Å². The summed E-state index contributed by atoms with van der Waals surface area (Å²) in [4.78, 5) is 8.13. The summed E-state index contributed by atoms with van der Waals surface area (Å²) < 4.78 is 6.80. The molecule has 3 aromatic heterocycles. The van der Waals surface area contributed by atoms with Gasteiger partial charge in [0.2, 0.25) is 5.88 Å². The molecule has 4 N–H and O–H groups in total. The SMILES string of the molecule is COc1ccc(-n2cc(Cc3cc(N)nc(N)c3)cn2)cn1. The van der Waals surface area contributed by atoms with Crippen molar-refractivity contribution in [3.05, 3.63) is 54.0 Å². The van der Waals surface area contributed by atoms with Gasteiger partial charge < -0.3 is 16.2 Å². The van der Waals surface area contributed by atoms with Gasteiger partial charge in [-0.3, -0.25) is 0 Å². The number of hydrogen-bond acceptors (Lipinski definition) is 6. The predicted octanol–water partition coefficient (Wildman–Crippen LogP) is 1.43. The molecule has 22 heavy (non-hydrogen) atoms. The highest BCUT2D eigenvalue weighted by Crippen LogP contribution is 2.16. The minimum atomic E-state index is 0.418. The smallest absolute Gasteiger partial charge is 0.213 e. The highest BCUT2D eigenvalue weighted by atomic mass is 16.5. The van der Waals surface area contributed by atoms with Crippen LogP contribution >= 0.6 is 0 Å². The number of aromatic nitrogens is 4. The number of methoxy groups -OCH3 is 1. The second-order valence-electron chi connectivity index (χ2n) is 4.85. The molecule has 0 unspecified atom stereocenters. The largest absolute Gasteiger partial charge is 0.481 e. The molecule has 0 saturated carbocycles. The van der Waals surface area contributed by atoms with Crippen LogP contribution < -0.4 is 16.2 Å². The van der Waals surface area contributed by atoms with Crippen molar-refractivity contribution in [1.82, 2.24) is 19.7 Å². The van der Waals surface area contributed by atoms with Crippen molar-refractivity contribution in [2.45, 2.75) is 6.42 Å². The lowest BCUT2D eigenvalue weighted by atomic mass is 10.1. The third-order valence-electron chi connectivity index (χ3n) is 3.16. The Labute approximate surface area is 127 Å². The topological polar surface area (TPSA) is 105 Å².